The predicted octanol–water partition coefficient (Wildman–Crippen LogP) is 1.85. The third-order valence-corrected chi connectivity index (χ3v) is 2.46. The second-order valence-electron chi connectivity index (χ2n) is 4.15. The van der Waals surface area contributed by atoms with Gasteiger partial charge in [-0.15, -0.1) is 12.4 Å². The number of aryl methyl sites for hydroxylation is 1. The highest BCUT2D eigenvalue weighted by atomic mass is 35.5. The summed E-state index contributed by atoms with van der Waals surface area (Å²) < 4.78 is 0. The van der Waals surface area contributed by atoms with Crippen molar-refractivity contribution in [3.63, 3.8) is 0 Å². The highest BCUT2D eigenvalue weighted by Crippen LogP contribution is 2.17. The van der Waals surface area contributed by atoms with E-state index in [4.69, 9.17) is 5.73 Å². The zero-order valence-corrected chi connectivity index (χ0v) is 12.0. The van der Waals surface area contributed by atoms with E-state index in [0.29, 0.717) is 17.8 Å². The number of carbonyl (C=O) groups excluding carboxylic acids is 2. The summed E-state index contributed by atoms with van der Waals surface area (Å²) in [5, 5.41) is 5.27. The van der Waals surface area contributed by atoms with Gasteiger partial charge < -0.3 is 16.4 Å². The number of hydrogen-bond donors (Lipinski definition) is 3. The van der Waals surface area contributed by atoms with Crippen molar-refractivity contribution in [1.82, 2.24) is 5.32 Å². The van der Waals surface area contributed by atoms with Crippen molar-refractivity contribution < 1.29 is 9.59 Å². The average Bonchev–Trinajstić information content (AvgIpc) is 2.32. The molecule has 6 heteroatoms. The Morgan fingerprint density at radius 2 is 1.95 bits per heavy atom. The quantitative estimate of drug-likeness (QED) is 0.722. The fourth-order valence-corrected chi connectivity index (χ4v) is 1.46. The first kappa shape index (κ1) is 17.2. The largest absolute Gasteiger partial charge is 0.399 e. The lowest BCUT2D eigenvalue weighted by molar-refractivity contribution is -0.124. The second kappa shape index (κ2) is 8.37. The molecule has 0 spiro atoms. The molecule has 0 heterocycles. The molecule has 0 fully saturated rings. The van der Waals surface area contributed by atoms with E-state index in [2.05, 4.69) is 10.6 Å². The van der Waals surface area contributed by atoms with Gasteiger partial charge in [-0.1, -0.05) is 13.0 Å². The zero-order chi connectivity index (χ0) is 13.5. The maximum absolute atomic E-state index is 11.6. The lowest BCUT2D eigenvalue weighted by Gasteiger charge is -2.09. The molecule has 106 valence electrons. The highest BCUT2D eigenvalue weighted by molar-refractivity contribution is 5.95. The van der Waals surface area contributed by atoms with Crippen molar-refractivity contribution >= 4 is 35.6 Å². The Hall–Kier alpha value is -1.75. The molecular weight excluding hydrogens is 266 g/mol. The summed E-state index contributed by atoms with van der Waals surface area (Å²) in [5.41, 5.74) is 7.83. The van der Waals surface area contributed by atoms with Crippen LogP contribution >= 0.6 is 12.4 Å². The van der Waals surface area contributed by atoms with Gasteiger partial charge in [0.25, 0.3) is 0 Å². The van der Waals surface area contributed by atoms with Gasteiger partial charge in [0.15, 0.2) is 0 Å². The van der Waals surface area contributed by atoms with Crippen LogP contribution in [0.1, 0.15) is 25.3 Å². The van der Waals surface area contributed by atoms with Gasteiger partial charge in [0.05, 0.1) is 6.54 Å². The number of hydrogen-bond acceptors (Lipinski definition) is 3. The van der Waals surface area contributed by atoms with E-state index in [1.807, 2.05) is 19.9 Å². The van der Waals surface area contributed by atoms with Crippen LogP contribution in [0, 0.1) is 6.92 Å². The number of rotatable bonds is 5. The molecule has 4 N–H and O–H groups in total. The standard InChI is InChI=1S/C13H19N3O2.ClH/c1-3-4-12(17)15-8-13(18)16-11-7-10(14)6-5-9(11)2;/h5-7H,3-4,8,14H2,1-2H3,(H,15,17)(H,16,18);1H. The van der Waals surface area contributed by atoms with Gasteiger partial charge in [0.1, 0.15) is 0 Å². The Morgan fingerprint density at radius 3 is 2.58 bits per heavy atom. The maximum Gasteiger partial charge on any atom is 0.243 e. The molecule has 0 aliphatic heterocycles. The highest BCUT2D eigenvalue weighted by Gasteiger charge is 2.06. The molecule has 0 unspecified atom stereocenters. The first-order valence-electron chi connectivity index (χ1n) is 5.95. The third kappa shape index (κ3) is 6.10. The molecule has 0 aliphatic carbocycles. The van der Waals surface area contributed by atoms with Gasteiger partial charge in [0.2, 0.25) is 11.8 Å². The summed E-state index contributed by atoms with van der Waals surface area (Å²) in [6.07, 6.45) is 1.20. The maximum atomic E-state index is 11.6. The Bertz CT molecular complexity index is 450. The minimum absolute atomic E-state index is 0. The van der Waals surface area contributed by atoms with Crippen LogP contribution in [0.15, 0.2) is 18.2 Å². The molecule has 0 aliphatic rings. The summed E-state index contributed by atoms with van der Waals surface area (Å²) in [4.78, 5) is 22.8. The minimum Gasteiger partial charge on any atom is -0.399 e. The molecule has 0 saturated heterocycles. The number of nitrogen functional groups attached to an aromatic ring is 1. The van der Waals surface area contributed by atoms with E-state index in [-0.39, 0.29) is 30.8 Å². The topological polar surface area (TPSA) is 84.2 Å². The van der Waals surface area contributed by atoms with Gasteiger partial charge in [-0.2, -0.15) is 0 Å². The molecule has 19 heavy (non-hydrogen) atoms. The van der Waals surface area contributed by atoms with E-state index in [1.165, 1.54) is 0 Å². The van der Waals surface area contributed by atoms with Crippen LogP contribution in [0.3, 0.4) is 0 Å². The van der Waals surface area contributed by atoms with Crippen LogP contribution in [-0.2, 0) is 9.59 Å². The third-order valence-electron chi connectivity index (χ3n) is 2.46. The Morgan fingerprint density at radius 1 is 1.26 bits per heavy atom. The lowest BCUT2D eigenvalue weighted by Crippen LogP contribution is -2.32. The molecule has 2 amide bonds. The van der Waals surface area contributed by atoms with Crippen LogP contribution in [0.4, 0.5) is 11.4 Å². The molecule has 1 aromatic carbocycles. The number of benzene rings is 1. The number of amides is 2. The summed E-state index contributed by atoms with van der Waals surface area (Å²) in [7, 11) is 0. The number of carbonyl (C=O) groups is 2. The van der Waals surface area contributed by atoms with Gasteiger partial charge in [0, 0.05) is 17.8 Å². The van der Waals surface area contributed by atoms with Gasteiger partial charge in [-0.25, -0.2) is 0 Å². The fourth-order valence-electron chi connectivity index (χ4n) is 1.46. The number of anilines is 2. The van der Waals surface area contributed by atoms with Crippen LogP contribution < -0.4 is 16.4 Å². The predicted molar refractivity (Wildman–Crippen MR) is 79.4 cm³/mol. The molecule has 1 aromatic rings. The van der Waals surface area contributed by atoms with E-state index >= 15 is 0 Å². The molecule has 0 atom stereocenters. The lowest BCUT2D eigenvalue weighted by atomic mass is 10.2. The summed E-state index contributed by atoms with van der Waals surface area (Å²) in [5.74, 6) is -0.370. The molecule has 0 radical (unpaired) electrons. The van der Waals surface area contributed by atoms with Crippen molar-refractivity contribution in [2.75, 3.05) is 17.6 Å². The fraction of sp³-hybridized carbons (Fsp3) is 0.385. The Kier molecular flexibility index (Phi) is 7.60. The van der Waals surface area contributed by atoms with E-state index in [1.54, 1.807) is 12.1 Å². The van der Waals surface area contributed by atoms with E-state index < -0.39 is 0 Å². The SMILES string of the molecule is CCCC(=O)NCC(=O)Nc1cc(N)ccc1C.Cl. The van der Waals surface area contributed by atoms with Crippen LogP contribution in [0.2, 0.25) is 0 Å². The normalized spacial score (nSPS) is 9.37. The van der Waals surface area contributed by atoms with Crippen molar-refractivity contribution in [2.24, 2.45) is 0 Å². The minimum atomic E-state index is -0.256. The van der Waals surface area contributed by atoms with Gasteiger partial charge in [-0.3, -0.25) is 9.59 Å². The number of nitrogens with one attached hydrogen (secondary N) is 2. The first-order chi connectivity index (χ1) is 8.52. The molecule has 0 aromatic heterocycles. The van der Waals surface area contributed by atoms with Crippen molar-refractivity contribution in [2.45, 2.75) is 26.7 Å². The van der Waals surface area contributed by atoms with Crippen molar-refractivity contribution in [1.29, 1.82) is 0 Å². The summed E-state index contributed by atoms with van der Waals surface area (Å²) in [6.45, 7) is 3.77. The smallest absolute Gasteiger partial charge is 0.243 e. The second-order valence-corrected chi connectivity index (χ2v) is 4.15. The van der Waals surface area contributed by atoms with Crippen LogP contribution in [0.25, 0.3) is 0 Å². The van der Waals surface area contributed by atoms with Gasteiger partial charge in [-0.05, 0) is 31.0 Å². The van der Waals surface area contributed by atoms with E-state index in [9.17, 15) is 9.59 Å². The molecular formula is C13H20ClN3O2. The van der Waals surface area contributed by atoms with Gasteiger partial charge >= 0.3 is 0 Å². The monoisotopic (exact) mass is 285 g/mol. The Balaban J connectivity index is 0.00000324. The molecule has 1 rings (SSSR count). The molecule has 0 bridgehead atoms. The number of halogens is 1. The van der Waals surface area contributed by atoms with Crippen LogP contribution in [-0.4, -0.2) is 18.4 Å². The van der Waals surface area contributed by atoms with Crippen LogP contribution in [0.5, 0.6) is 0 Å². The molecule has 0 saturated carbocycles. The summed E-state index contributed by atoms with van der Waals surface area (Å²) >= 11 is 0. The summed E-state index contributed by atoms with van der Waals surface area (Å²) in [6, 6.07) is 5.30. The average molecular weight is 286 g/mol. The van der Waals surface area contributed by atoms with E-state index in [0.717, 1.165) is 12.0 Å². The first-order valence-corrected chi connectivity index (χ1v) is 5.95. The molecule has 5 nitrogen and oxygen atoms in total. The van der Waals surface area contributed by atoms with Crippen molar-refractivity contribution in [3.05, 3.63) is 23.8 Å². The zero-order valence-electron chi connectivity index (χ0n) is 11.2. The Labute approximate surface area is 119 Å². The van der Waals surface area contributed by atoms with Crippen molar-refractivity contribution in [3.8, 4) is 0 Å². The number of nitrogens with two attached hydrogens (primary N) is 1.